The van der Waals surface area contributed by atoms with E-state index in [1.165, 1.54) is 38.6 Å². The Bertz CT molecular complexity index is 180. The summed E-state index contributed by atoms with van der Waals surface area (Å²) in [6, 6.07) is 0. The lowest BCUT2D eigenvalue weighted by Gasteiger charge is -2.24. The predicted molar refractivity (Wildman–Crippen MR) is 73.2 cm³/mol. The Balaban J connectivity index is 2.05. The molecule has 0 bridgehead atoms. The summed E-state index contributed by atoms with van der Waals surface area (Å²) < 4.78 is 0. The zero-order chi connectivity index (χ0) is 12.0. The van der Waals surface area contributed by atoms with Crippen molar-refractivity contribution in [1.82, 2.24) is 5.32 Å². The van der Waals surface area contributed by atoms with E-state index in [0.717, 1.165) is 18.9 Å². The van der Waals surface area contributed by atoms with Gasteiger partial charge < -0.3 is 5.32 Å². The molecule has 96 valence electrons. The Morgan fingerprint density at radius 2 is 1.81 bits per heavy atom. The zero-order valence-electron chi connectivity index (χ0n) is 11.2. The first kappa shape index (κ1) is 14.3. The second-order valence-corrected chi connectivity index (χ2v) is 7.14. The molecular formula is C14H28ClN. The van der Waals surface area contributed by atoms with Crippen LogP contribution in [0, 0.1) is 11.3 Å². The van der Waals surface area contributed by atoms with Gasteiger partial charge in [0.2, 0.25) is 0 Å². The first-order valence-electron chi connectivity index (χ1n) is 6.82. The SMILES string of the molecule is CC(C)(C)CC(Cl)CNCC1CCCCC1. The van der Waals surface area contributed by atoms with Crippen LogP contribution in [-0.2, 0) is 0 Å². The highest BCUT2D eigenvalue weighted by Gasteiger charge is 2.17. The van der Waals surface area contributed by atoms with E-state index in [-0.39, 0.29) is 5.38 Å². The van der Waals surface area contributed by atoms with E-state index in [0.29, 0.717) is 5.41 Å². The molecule has 1 rings (SSSR count). The van der Waals surface area contributed by atoms with Crippen LogP contribution in [0.15, 0.2) is 0 Å². The number of hydrogen-bond donors (Lipinski definition) is 1. The molecule has 0 heterocycles. The van der Waals surface area contributed by atoms with Gasteiger partial charge in [0.25, 0.3) is 0 Å². The number of hydrogen-bond acceptors (Lipinski definition) is 1. The fourth-order valence-corrected chi connectivity index (χ4v) is 3.14. The topological polar surface area (TPSA) is 12.0 Å². The summed E-state index contributed by atoms with van der Waals surface area (Å²) >= 11 is 6.32. The van der Waals surface area contributed by atoms with Crippen LogP contribution in [0.4, 0.5) is 0 Å². The fourth-order valence-electron chi connectivity index (χ4n) is 2.57. The zero-order valence-corrected chi connectivity index (χ0v) is 11.9. The Kier molecular flexibility index (Phi) is 6.13. The molecule has 0 saturated heterocycles. The normalized spacial score (nSPS) is 21.0. The fraction of sp³-hybridized carbons (Fsp3) is 1.00. The molecule has 0 aliphatic heterocycles. The van der Waals surface area contributed by atoms with Gasteiger partial charge in [0.1, 0.15) is 0 Å². The van der Waals surface area contributed by atoms with Crippen LogP contribution in [0.5, 0.6) is 0 Å². The van der Waals surface area contributed by atoms with Crippen molar-refractivity contribution >= 4 is 11.6 Å². The second kappa shape index (κ2) is 6.86. The Morgan fingerprint density at radius 1 is 1.19 bits per heavy atom. The van der Waals surface area contributed by atoms with Crippen LogP contribution < -0.4 is 5.32 Å². The van der Waals surface area contributed by atoms with Gasteiger partial charge in [-0.2, -0.15) is 0 Å². The van der Waals surface area contributed by atoms with Gasteiger partial charge in [-0.05, 0) is 37.1 Å². The van der Waals surface area contributed by atoms with Crippen molar-refractivity contribution in [3.63, 3.8) is 0 Å². The highest BCUT2D eigenvalue weighted by molar-refractivity contribution is 6.20. The summed E-state index contributed by atoms with van der Waals surface area (Å²) in [5.41, 5.74) is 0.346. The van der Waals surface area contributed by atoms with Crippen LogP contribution in [0.25, 0.3) is 0 Å². The lowest BCUT2D eigenvalue weighted by Crippen LogP contribution is -2.31. The van der Waals surface area contributed by atoms with Crippen molar-refractivity contribution in [3.8, 4) is 0 Å². The molecule has 0 aromatic carbocycles. The Morgan fingerprint density at radius 3 is 2.38 bits per heavy atom. The molecule has 0 aromatic heterocycles. The van der Waals surface area contributed by atoms with E-state index in [1.54, 1.807) is 0 Å². The van der Waals surface area contributed by atoms with E-state index < -0.39 is 0 Å². The van der Waals surface area contributed by atoms with E-state index in [2.05, 4.69) is 26.1 Å². The molecule has 1 saturated carbocycles. The molecule has 0 spiro atoms. The van der Waals surface area contributed by atoms with Crippen molar-refractivity contribution in [2.24, 2.45) is 11.3 Å². The maximum atomic E-state index is 6.32. The van der Waals surface area contributed by atoms with Crippen molar-refractivity contribution in [1.29, 1.82) is 0 Å². The van der Waals surface area contributed by atoms with E-state index in [9.17, 15) is 0 Å². The number of rotatable bonds is 5. The standard InChI is InChI=1S/C14H28ClN/c1-14(2,3)9-13(15)11-16-10-12-7-5-4-6-8-12/h12-13,16H,4-11H2,1-3H3. The lowest BCUT2D eigenvalue weighted by atomic mass is 9.89. The summed E-state index contributed by atoms with van der Waals surface area (Å²) in [6.45, 7) is 8.90. The van der Waals surface area contributed by atoms with E-state index in [4.69, 9.17) is 11.6 Å². The van der Waals surface area contributed by atoms with Gasteiger partial charge in [0.15, 0.2) is 0 Å². The smallest absolute Gasteiger partial charge is 0.0465 e. The first-order valence-corrected chi connectivity index (χ1v) is 7.26. The minimum Gasteiger partial charge on any atom is -0.315 e. The van der Waals surface area contributed by atoms with Gasteiger partial charge in [-0.25, -0.2) is 0 Å². The molecular weight excluding hydrogens is 218 g/mol. The minimum absolute atomic E-state index is 0.281. The van der Waals surface area contributed by atoms with Gasteiger partial charge in [0, 0.05) is 11.9 Å². The van der Waals surface area contributed by atoms with Crippen LogP contribution >= 0.6 is 11.6 Å². The van der Waals surface area contributed by atoms with Gasteiger partial charge in [-0.1, -0.05) is 40.0 Å². The quantitative estimate of drug-likeness (QED) is 0.716. The van der Waals surface area contributed by atoms with Crippen LogP contribution in [0.3, 0.4) is 0 Å². The van der Waals surface area contributed by atoms with E-state index >= 15 is 0 Å². The number of halogens is 1. The summed E-state index contributed by atoms with van der Waals surface area (Å²) in [5, 5.41) is 3.83. The maximum absolute atomic E-state index is 6.32. The van der Waals surface area contributed by atoms with Gasteiger partial charge >= 0.3 is 0 Å². The third kappa shape index (κ3) is 6.75. The van der Waals surface area contributed by atoms with Crippen LogP contribution in [-0.4, -0.2) is 18.5 Å². The van der Waals surface area contributed by atoms with Crippen molar-refractivity contribution in [3.05, 3.63) is 0 Å². The molecule has 0 aromatic rings. The molecule has 1 unspecified atom stereocenters. The Hall–Kier alpha value is 0.250. The Labute approximate surface area is 106 Å². The second-order valence-electron chi connectivity index (χ2n) is 6.52. The molecule has 0 amide bonds. The molecule has 1 aliphatic rings. The van der Waals surface area contributed by atoms with E-state index in [1.807, 2.05) is 0 Å². The molecule has 1 aliphatic carbocycles. The predicted octanol–water partition coefficient (Wildman–Crippen LogP) is 4.20. The summed E-state index contributed by atoms with van der Waals surface area (Å²) in [4.78, 5) is 0. The summed E-state index contributed by atoms with van der Waals surface area (Å²) in [6.07, 6.45) is 8.22. The molecule has 2 heteroatoms. The highest BCUT2D eigenvalue weighted by atomic mass is 35.5. The summed E-state index contributed by atoms with van der Waals surface area (Å²) in [7, 11) is 0. The monoisotopic (exact) mass is 245 g/mol. The molecule has 0 radical (unpaired) electrons. The van der Waals surface area contributed by atoms with Crippen molar-refractivity contribution in [2.45, 2.75) is 64.7 Å². The van der Waals surface area contributed by atoms with Crippen molar-refractivity contribution < 1.29 is 0 Å². The molecule has 1 atom stereocenters. The largest absolute Gasteiger partial charge is 0.315 e. The van der Waals surface area contributed by atoms with Crippen molar-refractivity contribution in [2.75, 3.05) is 13.1 Å². The molecule has 1 nitrogen and oxygen atoms in total. The van der Waals surface area contributed by atoms with Gasteiger partial charge in [-0.15, -0.1) is 11.6 Å². The number of alkyl halides is 1. The van der Waals surface area contributed by atoms with Gasteiger partial charge in [-0.3, -0.25) is 0 Å². The third-order valence-corrected chi connectivity index (χ3v) is 3.67. The maximum Gasteiger partial charge on any atom is 0.0465 e. The van der Waals surface area contributed by atoms with Crippen LogP contribution in [0.1, 0.15) is 59.3 Å². The first-order chi connectivity index (χ1) is 7.47. The lowest BCUT2D eigenvalue weighted by molar-refractivity contribution is 0.330. The minimum atomic E-state index is 0.281. The number of nitrogens with one attached hydrogen (secondary N) is 1. The van der Waals surface area contributed by atoms with Crippen LogP contribution in [0.2, 0.25) is 0 Å². The average Bonchev–Trinajstić information content (AvgIpc) is 2.16. The van der Waals surface area contributed by atoms with Gasteiger partial charge in [0.05, 0.1) is 0 Å². The molecule has 16 heavy (non-hydrogen) atoms. The third-order valence-electron chi connectivity index (χ3n) is 3.36. The molecule has 1 N–H and O–H groups in total. The summed E-state index contributed by atoms with van der Waals surface area (Å²) in [5.74, 6) is 0.909. The highest BCUT2D eigenvalue weighted by Crippen LogP contribution is 2.24. The molecule has 1 fully saturated rings. The average molecular weight is 246 g/mol.